The highest BCUT2D eigenvalue weighted by molar-refractivity contribution is 8.02. The van der Waals surface area contributed by atoms with E-state index in [1.165, 1.54) is 11.8 Å². The predicted octanol–water partition coefficient (Wildman–Crippen LogP) is 1.10. The van der Waals surface area contributed by atoms with Crippen molar-refractivity contribution in [2.75, 3.05) is 12.9 Å². The Morgan fingerprint density at radius 2 is 2.18 bits per heavy atom. The van der Waals surface area contributed by atoms with Crippen molar-refractivity contribution in [2.24, 2.45) is 5.73 Å². The van der Waals surface area contributed by atoms with Gasteiger partial charge in [-0.15, -0.1) is 11.8 Å². The van der Waals surface area contributed by atoms with Gasteiger partial charge in [0, 0.05) is 4.91 Å². The van der Waals surface area contributed by atoms with Gasteiger partial charge in [-0.2, -0.15) is 0 Å². The second-order valence-electron chi connectivity index (χ2n) is 1.89. The maximum Gasteiger partial charge on any atom is 0.354 e. The standard InChI is InChI=1S/C7H13NO2S/c1-4-10-7(9)6(8)5(2)11-3/h4,8H2,1-3H3/b6-5+. The predicted molar refractivity (Wildman–Crippen MR) is 47.0 cm³/mol. The zero-order valence-corrected chi connectivity index (χ0v) is 7.83. The van der Waals surface area contributed by atoms with E-state index in [2.05, 4.69) is 0 Å². The van der Waals surface area contributed by atoms with Gasteiger partial charge in [0.25, 0.3) is 0 Å². The normalized spacial score (nSPS) is 12.3. The second kappa shape index (κ2) is 5.07. The van der Waals surface area contributed by atoms with E-state index in [1.807, 2.05) is 6.26 Å². The van der Waals surface area contributed by atoms with E-state index in [1.54, 1.807) is 13.8 Å². The molecule has 0 aliphatic rings. The maximum atomic E-state index is 10.9. The number of carbonyl (C=O) groups excluding carboxylic acids is 1. The molecule has 0 aliphatic heterocycles. The topological polar surface area (TPSA) is 52.3 Å². The van der Waals surface area contributed by atoms with Crippen molar-refractivity contribution in [1.82, 2.24) is 0 Å². The van der Waals surface area contributed by atoms with E-state index in [-0.39, 0.29) is 5.70 Å². The molecule has 3 nitrogen and oxygen atoms in total. The molecular formula is C7H13NO2S. The Morgan fingerprint density at radius 3 is 2.55 bits per heavy atom. The van der Waals surface area contributed by atoms with Gasteiger partial charge in [0.2, 0.25) is 0 Å². The third-order valence-electron chi connectivity index (χ3n) is 1.18. The summed E-state index contributed by atoms with van der Waals surface area (Å²) in [6, 6.07) is 0. The molecule has 0 aromatic carbocycles. The fourth-order valence-electron chi connectivity index (χ4n) is 0.463. The van der Waals surface area contributed by atoms with E-state index in [0.29, 0.717) is 6.61 Å². The van der Waals surface area contributed by atoms with E-state index in [0.717, 1.165) is 4.91 Å². The molecule has 0 fully saturated rings. The van der Waals surface area contributed by atoms with Crippen molar-refractivity contribution in [3.05, 3.63) is 10.6 Å². The van der Waals surface area contributed by atoms with Crippen LogP contribution in [0.5, 0.6) is 0 Å². The molecule has 0 saturated heterocycles. The number of hydrogen-bond donors (Lipinski definition) is 1. The first-order valence-corrected chi connectivity index (χ1v) is 4.53. The zero-order valence-electron chi connectivity index (χ0n) is 7.01. The molecule has 0 heterocycles. The van der Waals surface area contributed by atoms with Crippen LogP contribution in [0.2, 0.25) is 0 Å². The van der Waals surface area contributed by atoms with Crippen molar-refractivity contribution in [1.29, 1.82) is 0 Å². The van der Waals surface area contributed by atoms with Gasteiger partial charge in [0.15, 0.2) is 0 Å². The molecule has 0 aromatic rings. The molecule has 0 rings (SSSR count). The van der Waals surface area contributed by atoms with Crippen LogP contribution in [0.3, 0.4) is 0 Å². The number of ether oxygens (including phenoxy) is 1. The number of carbonyl (C=O) groups is 1. The number of thioether (sulfide) groups is 1. The first-order valence-electron chi connectivity index (χ1n) is 3.31. The maximum absolute atomic E-state index is 10.9. The monoisotopic (exact) mass is 175 g/mol. The molecule has 0 saturated carbocycles. The largest absolute Gasteiger partial charge is 0.461 e. The molecule has 0 spiro atoms. The molecule has 0 unspecified atom stereocenters. The van der Waals surface area contributed by atoms with Crippen molar-refractivity contribution >= 4 is 17.7 Å². The molecule has 0 amide bonds. The minimum absolute atomic E-state index is 0.208. The molecule has 0 bridgehead atoms. The van der Waals surface area contributed by atoms with Crippen molar-refractivity contribution in [3.8, 4) is 0 Å². The SMILES string of the molecule is CCOC(=O)/C(N)=C(/C)SC. The van der Waals surface area contributed by atoms with Gasteiger partial charge in [-0.3, -0.25) is 0 Å². The Balaban J connectivity index is 4.22. The van der Waals surface area contributed by atoms with Crippen LogP contribution in [0.4, 0.5) is 0 Å². The van der Waals surface area contributed by atoms with Crippen LogP contribution in [0.15, 0.2) is 10.6 Å². The van der Waals surface area contributed by atoms with Gasteiger partial charge >= 0.3 is 5.97 Å². The van der Waals surface area contributed by atoms with Gasteiger partial charge < -0.3 is 10.5 Å². The van der Waals surface area contributed by atoms with Crippen molar-refractivity contribution in [3.63, 3.8) is 0 Å². The summed E-state index contributed by atoms with van der Waals surface area (Å²) in [6.07, 6.45) is 1.86. The van der Waals surface area contributed by atoms with Crippen LogP contribution in [0.1, 0.15) is 13.8 Å². The Labute approximate surface area is 71.0 Å². The molecule has 4 heteroatoms. The van der Waals surface area contributed by atoms with Crippen LogP contribution in [-0.2, 0) is 9.53 Å². The van der Waals surface area contributed by atoms with Crippen LogP contribution in [0, 0.1) is 0 Å². The van der Waals surface area contributed by atoms with E-state index < -0.39 is 5.97 Å². The lowest BCUT2D eigenvalue weighted by Gasteiger charge is -2.03. The number of hydrogen-bond acceptors (Lipinski definition) is 4. The molecule has 0 aliphatic carbocycles. The average Bonchev–Trinajstić information content (AvgIpc) is 2.02. The van der Waals surface area contributed by atoms with Crippen molar-refractivity contribution < 1.29 is 9.53 Å². The Hall–Kier alpha value is -0.640. The molecule has 2 N–H and O–H groups in total. The first kappa shape index (κ1) is 10.4. The average molecular weight is 175 g/mol. The number of rotatable bonds is 3. The fraction of sp³-hybridized carbons (Fsp3) is 0.571. The summed E-state index contributed by atoms with van der Waals surface area (Å²) < 4.78 is 4.69. The van der Waals surface area contributed by atoms with E-state index in [4.69, 9.17) is 10.5 Å². The van der Waals surface area contributed by atoms with E-state index >= 15 is 0 Å². The van der Waals surface area contributed by atoms with Crippen molar-refractivity contribution in [2.45, 2.75) is 13.8 Å². The highest BCUT2D eigenvalue weighted by atomic mass is 32.2. The quantitative estimate of drug-likeness (QED) is 0.515. The lowest BCUT2D eigenvalue weighted by atomic mass is 10.4. The Morgan fingerprint density at radius 1 is 1.64 bits per heavy atom. The van der Waals surface area contributed by atoms with Crippen LogP contribution in [0.25, 0.3) is 0 Å². The van der Waals surface area contributed by atoms with Gasteiger partial charge in [-0.25, -0.2) is 4.79 Å². The lowest BCUT2D eigenvalue weighted by molar-refractivity contribution is -0.138. The number of esters is 1. The van der Waals surface area contributed by atoms with Crippen LogP contribution >= 0.6 is 11.8 Å². The molecule has 11 heavy (non-hydrogen) atoms. The Kier molecular flexibility index (Phi) is 4.77. The Bertz CT molecular complexity index is 177. The van der Waals surface area contributed by atoms with Crippen LogP contribution < -0.4 is 5.73 Å². The number of nitrogens with two attached hydrogens (primary N) is 1. The minimum Gasteiger partial charge on any atom is -0.461 e. The summed E-state index contributed by atoms with van der Waals surface area (Å²) >= 11 is 1.44. The third kappa shape index (κ3) is 3.32. The molecule has 0 aromatic heterocycles. The molecule has 64 valence electrons. The zero-order chi connectivity index (χ0) is 8.85. The van der Waals surface area contributed by atoms with E-state index in [9.17, 15) is 4.79 Å². The summed E-state index contributed by atoms with van der Waals surface area (Å²) in [4.78, 5) is 11.7. The fourth-order valence-corrected chi connectivity index (χ4v) is 0.766. The third-order valence-corrected chi connectivity index (χ3v) is 2.01. The molecule has 0 radical (unpaired) electrons. The second-order valence-corrected chi connectivity index (χ2v) is 2.92. The highest BCUT2D eigenvalue weighted by Gasteiger charge is 2.08. The lowest BCUT2D eigenvalue weighted by Crippen LogP contribution is -2.15. The first-order chi connectivity index (χ1) is 5.13. The van der Waals surface area contributed by atoms with Gasteiger partial charge in [0.1, 0.15) is 5.70 Å². The highest BCUT2D eigenvalue weighted by Crippen LogP contribution is 2.12. The summed E-state index contributed by atoms with van der Waals surface area (Å²) in [6.45, 7) is 3.90. The smallest absolute Gasteiger partial charge is 0.354 e. The minimum atomic E-state index is -0.431. The van der Waals surface area contributed by atoms with Crippen LogP contribution in [-0.4, -0.2) is 18.8 Å². The number of allylic oxidation sites excluding steroid dienone is 1. The van der Waals surface area contributed by atoms with Gasteiger partial charge in [-0.05, 0) is 20.1 Å². The summed E-state index contributed by atoms with van der Waals surface area (Å²) in [5.41, 5.74) is 5.65. The molecule has 0 atom stereocenters. The molecular weight excluding hydrogens is 162 g/mol. The van der Waals surface area contributed by atoms with Gasteiger partial charge in [-0.1, -0.05) is 0 Å². The summed E-state index contributed by atoms with van der Waals surface area (Å²) in [5.74, 6) is -0.431. The summed E-state index contributed by atoms with van der Waals surface area (Å²) in [7, 11) is 0. The van der Waals surface area contributed by atoms with Gasteiger partial charge in [0.05, 0.1) is 6.61 Å². The summed E-state index contributed by atoms with van der Waals surface area (Å²) in [5, 5.41) is 0.